The highest BCUT2D eigenvalue weighted by Gasteiger charge is 2.21. The maximum absolute atomic E-state index is 10.3. The van der Waals surface area contributed by atoms with E-state index in [0.717, 1.165) is 16.8 Å². The van der Waals surface area contributed by atoms with Crippen LogP contribution in [0.3, 0.4) is 0 Å². The Kier molecular flexibility index (Phi) is 4.35. The molecule has 4 nitrogen and oxygen atoms in total. The third-order valence-electron chi connectivity index (χ3n) is 3.01. The molecule has 2 rings (SSSR count). The van der Waals surface area contributed by atoms with E-state index >= 15 is 0 Å². The summed E-state index contributed by atoms with van der Waals surface area (Å²) in [6.45, 7) is 6.41. The lowest BCUT2D eigenvalue weighted by Crippen LogP contribution is -2.28. The van der Waals surface area contributed by atoms with Crippen molar-refractivity contribution < 1.29 is 9.63 Å². The number of rotatable bonds is 5. The quantitative estimate of drug-likeness (QED) is 0.867. The van der Waals surface area contributed by atoms with Gasteiger partial charge in [-0.05, 0) is 6.92 Å². The maximum atomic E-state index is 10.3. The molecule has 19 heavy (non-hydrogen) atoms. The zero-order valence-electron chi connectivity index (χ0n) is 11.6. The van der Waals surface area contributed by atoms with Crippen LogP contribution in [-0.2, 0) is 0 Å². The second kappa shape index (κ2) is 5.99. The maximum Gasteiger partial charge on any atom is 0.140 e. The molecule has 4 heteroatoms. The van der Waals surface area contributed by atoms with E-state index in [0.29, 0.717) is 18.3 Å². The Bertz CT molecular complexity index is 520. The lowest BCUT2D eigenvalue weighted by atomic mass is 10.0. The molecular formula is C15H20N2O2. The fourth-order valence-corrected chi connectivity index (χ4v) is 2.03. The smallest absolute Gasteiger partial charge is 0.140 e. The average Bonchev–Trinajstić information content (AvgIpc) is 2.79. The van der Waals surface area contributed by atoms with Crippen LogP contribution in [0.15, 0.2) is 34.9 Å². The van der Waals surface area contributed by atoms with Gasteiger partial charge in [0.2, 0.25) is 0 Å². The standard InChI is InChI=1S/C15H20N2O2/c1-10(2)16-9-13(18)14-11(3)19-17-15(14)12-7-5-4-6-8-12/h4-8,10,13,16,18H,9H2,1-3H3. The molecule has 0 aliphatic carbocycles. The molecule has 0 spiro atoms. The number of aliphatic hydroxyl groups excluding tert-OH is 1. The molecule has 1 atom stereocenters. The van der Waals surface area contributed by atoms with Crippen molar-refractivity contribution in [3.05, 3.63) is 41.7 Å². The van der Waals surface area contributed by atoms with Gasteiger partial charge in [-0.15, -0.1) is 0 Å². The van der Waals surface area contributed by atoms with Gasteiger partial charge in [-0.3, -0.25) is 0 Å². The van der Waals surface area contributed by atoms with Crippen LogP contribution in [0.2, 0.25) is 0 Å². The van der Waals surface area contributed by atoms with E-state index in [2.05, 4.69) is 10.5 Å². The van der Waals surface area contributed by atoms with Gasteiger partial charge in [0, 0.05) is 18.2 Å². The number of hydrogen-bond acceptors (Lipinski definition) is 4. The number of aromatic nitrogens is 1. The highest BCUT2D eigenvalue weighted by molar-refractivity contribution is 5.63. The van der Waals surface area contributed by atoms with Gasteiger partial charge in [0.1, 0.15) is 11.5 Å². The zero-order valence-corrected chi connectivity index (χ0v) is 11.6. The van der Waals surface area contributed by atoms with E-state index in [1.165, 1.54) is 0 Å². The van der Waals surface area contributed by atoms with E-state index in [4.69, 9.17) is 4.52 Å². The van der Waals surface area contributed by atoms with Gasteiger partial charge in [-0.2, -0.15) is 0 Å². The number of nitrogens with one attached hydrogen (secondary N) is 1. The van der Waals surface area contributed by atoms with Gasteiger partial charge in [0.15, 0.2) is 0 Å². The molecule has 0 fully saturated rings. The first kappa shape index (κ1) is 13.8. The summed E-state index contributed by atoms with van der Waals surface area (Å²) in [4.78, 5) is 0. The first-order valence-electron chi connectivity index (χ1n) is 6.52. The minimum atomic E-state index is -0.621. The van der Waals surface area contributed by atoms with Crippen LogP contribution in [0.4, 0.5) is 0 Å². The predicted octanol–water partition coefficient (Wildman–Crippen LogP) is 2.68. The SMILES string of the molecule is Cc1onc(-c2ccccc2)c1C(O)CNC(C)C. The zero-order chi connectivity index (χ0) is 13.8. The first-order valence-corrected chi connectivity index (χ1v) is 6.52. The summed E-state index contributed by atoms with van der Waals surface area (Å²) in [6, 6.07) is 10.1. The normalized spacial score (nSPS) is 12.9. The van der Waals surface area contributed by atoms with Crippen molar-refractivity contribution in [1.29, 1.82) is 0 Å². The molecule has 0 saturated heterocycles. The monoisotopic (exact) mass is 260 g/mol. The molecule has 2 N–H and O–H groups in total. The Morgan fingerprint density at radius 2 is 1.95 bits per heavy atom. The number of aliphatic hydroxyl groups is 1. The summed E-state index contributed by atoms with van der Waals surface area (Å²) in [5.41, 5.74) is 2.44. The van der Waals surface area contributed by atoms with Crippen molar-refractivity contribution in [2.75, 3.05) is 6.54 Å². The van der Waals surface area contributed by atoms with Crippen LogP contribution in [0.1, 0.15) is 31.3 Å². The number of benzene rings is 1. The molecule has 2 aromatic rings. The molecule has 1 unspecified atom stereocenters. The largest absolute Gasteiger partial charge is 0.387 e. The minimum Gasteiger partial charge on any atom is -0.387 e. The highest BCUT2D eigenvalue weighted by Crippen LogP contribution is 2.29. The molecule has 0 aliphatic heterocycles. The molecular weight excluding hydrogens is 240 g/mol. The molecule has 1 aromatic carbocycles. The van der Waals surface area contributed by atoms with E-state index in [-0.39, 0.29) is 0 Å². The van der Waals surface area contributed by atoms with Gasteiger partial charge in [-0.25, -0.2) is 0 Å². The van der Waals surface area contributed by atoms with Crippen LogP contribution >= 0.6 is 0 Å². The number of hydrogen-bond donors (Lipinski definition) is 2. The van der Waals surface area contributed by atoms with Crippen molar-refractivity contribution in [1.82, 2.24) is 10.5 Å². The fraction of sp³-hybridized carbons (Fsp3) is 0.400. The Morgan fingerprint density at radius 3 is 2.58 bits per heavy atom. The Balaban J connectivity index is 2.28. The third-order valence-corrected chi connectivity index (χ3v) is 3.01. The molecule has 0 saturated carbocycles. The lowest BCUT2D eigenvalue weighted by Gasteiger charge is -2.14. The fourth-order valence-electron chi connectivity index (χ4n) is 2.03. The van der Waals surface area contributed by atoms with Crippen molar-refractivity contribution in [2.45, 2.75) is 32.9 Å². The van der Waals surface area contributed by atoms with Crippen LogP contribution in [0, 0.1) is 6.92 Å². The van der Waals surface area contributed by atoms with Gasteiger partial charge in [0.05, 0.1) is 11.7 Å². The molecule has 0 radical (unpaired) electrons. The van der Waals surface area contributed by atoms with Gasteiger partial charge in [-0.1, -0.05) is 49.3 Å². The average molecular weight is 260 g/mol. The molecule has 0 amide bonds. The summed E-state index contributed by atoms with van der Waals surface area (Å²) in [5.74, 6) is 0.664. The van der Waals surface area contributed by atoms with Crippen molar-refractivity contribution in [3.63, 3.8) is 0 Å². The van der Waals surface area contributed by atoms with E-state index in [1.54, 1.807) is 0 Å². The van der Waals surface area contributed by atoms with Crippen LogP contribution < -0.4 is 5.32 Å². The third kappa shape index (κ3) is 3.22. The predicted molar refractivity (Wildman–Crippen MR) is 74.8 cm³/mol. The van der Waals surface area contributed by atoms with Gasteiger partial charge < -0.3 is 14.9 Å². The van der Waals surface area contributed by atoms with Crippen molar-refractivity contribution in [3.8, 4) is 11.3 Å². The second-order valence-corrected chi connectivity index (χ2v) is 4.95. The summed E-state index contributed by atoms with van der Waals surface area (Å²) in [7, 11) is 0. The van der Waals surface area contributed by atoms with Crippen LogP contribution in [-0.4, -0.2) is 22.8 Å². The van der Waals surface area contributed by atoms with E-state index in [9.17, 15) is 5.11 Å². The van der Waals surface area contributed by atoms with Crippen molar-refractivity contribution >= 4 is 0 Å². The molecule has 1 heterocycles. The van der Waals surface area contributed by atoms with E-state index < -0.39 is 6.10 Å². The second-order valence-electron chi connectivity index (χ2n) is 4.95. The minimum absolute atomic E-state index is 0.329. The first-order chi connectivity index (χ1) is 9.09. The van der Waals surface area contributed by atoms with Crippen molar-refractivity contribution in [2.24, 2.45) is 0 Å². The van der Waals surface area contributed by atoms with Gasteiger partial charge >= 0.3 is 0 Å². The molecule has 102 valence electrons. The summed E-state index contributed by atoms with van der Waals surface area (Å²) in [5, 5.41) is 17.6. The Labute approximate surface area is 113 Å². The Morgan fingerprint density at radius 1 is 1.26 bits per heavy atom. The molecule has 0 aliphatic rings. The summed E-state index contributed by atoms with van der Waals surface area (Å²) in [6.07, 6.45) is -0.621. The van der Waals surface area contributed by atoms with Crippen LogP contribution in [0.25, 0.3) is 11.3 Å². The molecule has 1 aromatic heterocycles. The summed E-state index contributed by atoms with van der Waals surface area (Å²) < 4.78 is 5.24. The Hall–Kier alpha value is -1.65. The number of nitrogens with zero attached hydrogens (tertiary/aromatic N) is 1. The van der Waals surface area contributed by atoms with Crippen LogP contribution in [0.5, 0.6) is 0 Å². The lowest BCUT2D eigenvalue weighted by molar-refractivity contribution is 0.170. The van der Waals surface area contributed by atoms with Gasteiger partial charge in [0.25, 0.3) is 0 Å². The van der Waals surface area contributed by atoms with E-state index in [1.807, 2.05) is 51.1 Å². The molecule has 0 bridgehead atoms. The number of aryl methyl sites for hydroxylation is 1. The topological polar surface area (TPSA) is 58.3 Å². The highest BCUT2D eigenvalue weighted by atomic mass is 16.5. The summed E-state index contributed by atoms with van der Waals surface area (Å²) >= 11 is 0.